The Bertz CT molecular complexity index is 175. The molecule has 0 aliphatic carbocycles. The molecule has 0 aromatic rings. The molecule has 0 atom stereocenters. The first-order valence-electron chi connectivity index (χ1n) is 8.65. The highest BCUT2D eigenvalue weighted by Gasteiger charge is 1.90. The summed E-state index contributed by atoms with van der Waals surface area (Å²) in [4.78, 5) is 0. The van der Waals surface area contributed by atoms with Crippen molar-refractivity contribution in [1.29, 1.82) is 0 Å². The van der Waals surface area contributed by atoms with Crippen molar-refractivity contribution < 1.29 is 5.11 Å². The molecule has 0 unspecified atom stereocenters. The lowest BCUT2D eigenvalue weighted by atomic mass is 10.1. The van der Waals surface area contributed by atoms with Crippen molar-refractivity contribution in [2.75, 3.05) is 6.61 Å². The van der Waals surface area contributed by atoms with E-state index in [0.29, 0.717) is 0 Å². The van der Waals surface area contributed by atoms with Gasteiger partial charge in [-0.05, 0) is 32.1 Å². The SMILES string of the molecule is CCCCCCCCC=CCCCCCCCC[O]. The average Bonchev–Trinajstić information content (AvgIpc) is 2.43. The summed E-state index contributed by atoms with van der Waals surface area (Å²) in [6.07, 6.45) is 22.9. The maximum atomic E-state index is 10.3. The summed E-state index contributed by atoms with van der Waals surface area (Å²) in [6.45, 7) is 2.38. The molecule has 0 fully saturated rings. The molecule has 0 aromatic heterocycles. The van der Waals surface area contributed by atoms with Gasteiger partial charge in [-0.25, -0.2) is 5.11 Å². The maximum absolute atomic E-state index is 10.3. The van der Waals surface area contributed by atoms with E-state index < -0.39 is 0 Å². The van der Waals surface area contributed by atoms with Gasteiger partial charge >= 0.3 is 0 Å². The Labute approximate surface area is 121 Å². The van der Waals surface area contributed by atoms with E-state index in [1.807, 2.05) is 0 Å². The maximum Gasteiger partial charge on any atom is 0.0822 e. The molecular weight excluding hydrogens is 232 g/mol. The zero-order valence-electron chi connectivity index (χ0n) is 13.2. The summed E-state index contributed by atoms with van der Waals surface area (Å²) in [7, 11) is 0. The van der Waals surface area contributed by atoms with E-state index in [0.717, 1.165) is 12.8 Å². The van der Waals surface area contributed by atoms with Gasteiger partial charge in [-0.2, -0.15) is 0 Å². The molecule has 0 saturated heterocycles. The standard InChI is InChI=1S/C18H35O/c1-2-3-4-5-6-7-8-9-10-11-12-13-14-15-16-17-18-19/h9-10H,2-8,11-18H2,1H3. The van der Waals surface area contributed by atoms with Gasteiger partial charge < -0.3 is 0 Å². The van der Waals surface area contributed by atoms with Gasteiger partial charge in [0.25, 0.3) is 0 Å². The van der Waals surface area contributed by atoms with E-state index in [1.165, 1.54) is 77.0 Å². The Hall–Kier alpha value is -0.300. The van der Waals surface area contributed by atoms with Gasteiger partial charge in [0.15, 0.2) is 0 Å². The van der Waals surface area contributed by atoms with Crippen LogP contribution in [0.3, 0.4) is 0 Å². The molecule has 0 heterocycles. The third-order valence-corrected chi connectivity index (χ3v) is 3.66. The minimum Gasteiger partial charge on any atom is -0.237 e. The Morgan fingerprint density at radius 2 is 1.00 bits per heavy atom. The van der Waals surface area contributed by atoms with Crippen LogP contribution >= 0.6 is 0 Å². The summed E-state index contributed by atoms with van der Waals surface area (Å²) in [5.74, 6) is 0. The van der Waals surface area contributed by atoms with Gasteiger partial charge in [-0.3, -0.25) is 0 Å². The summed E-state index contributed by atoms with van der Waals surface area (Å²) < 4.78 is 0. The molecule has 0 rings (SSSR count). The Morgan fingerprint density at radius 3 is 1.47 bits per heavy atom. The van der Waals surface area contributed by atoms with E-state index in [4.69, 9.17) is 0 Å². The van der Waals surface area contributed by atoms with Gasteiger partial charge in [-0.1, -0.05) is 76.9 Å². The average molecular weight is 267 g/mol. The summed E-state index contributed by atoms with van der Waals surface area (Å²) in [5, 5.41) is 10.3. The normalized spacial score (nSPS) is 11.5. The van der Waals surface area contributed by atoms with Crippen molar-refractivity contribution in [3.63, 3.8) is 0 Å². The van der Waals surface area contributed by atoms with Crippen LogP contribution in [-0.4, -0.2) is 6.61 Å². The molecule has 0 spiro atoms. The smallest absolute Gasteiger partial charge is 0.0822 e. The first-order valence-corrected chi connectivity index (χ1v) is 8.65. The van der Waals surface area contributed by atoms with Crippen LogP contribution < -0.4 is 0 Å². The first kappa shape index (κ1) is 18.7. The van der Waals surface area contributed by atoms with Crippen LogP contribution in [0.4, 0.5) is 0 Å². The van der Waals surface area contributed by atoms with Gasteiger partial charge in [0.1, 0.15) is 0 Å². The number of rotatable bonds is 15. The van der Waals surface area contributed by atoms with Crippen LogP contribution in [0.1, 0.15) is 96.8 Å². The number of hydrogen-bond acceptors (Lipinski definition) is 0. The Morgan fingerprint density at radius 1 is 0.579 bits per heavy atom. The fourth-order valence-electron chi connectivity index (χ4n) is 2.35. The van der Waals surface area contributed by atoms with Crippen LogP contribution in [-0.2, 0) is 5.11 Å². The van der Waals surface area contributed by atoms with E-state index in [9.17, 15) is 5.11 Å². The van der Waals surface area contributed by atoms with Gasteiger partial charge in [0.2, 0.25) is 0 Å². The zero-order valence-corrected chi connectivity index (χ0v) is 13.2. The third kappa shape index (κ3) is 17.7. The van der Waals surface area contributed by atoms with E-state index >= 15 is 0 Å². The molecular formula is C18H35O. The number of allylic oxidation sites excluding steroid dienone is 2. The quantitative estimate of drug-likeness (QED) is 0.240. The molecule has 1 nitrogen and oxygen atoms in total. The fraction of sp³-hybridized carbons (Fsp3) is 0.889. The molecule has 1 radical (unpaired) electrons. The molecule has 0 aromatic carbocycles. The molecule has 0 saturated carbocycles. The van der Waals surface area contributed by atoms with Gasteiger partial charge in [-0.15, -0.1) is 0 Å². The fourth-order valence-corrected chi connectivity index (χ4v) is 2.35. The van der Waals surface area contributed by atoms with Crippen molar-refractivity contribution >= 4 is 0 Å². The van der Waals surface area contributed by atoms with Crippen LogP contribution in [0.15, 0.2) is 12.2 Å². The number of unbranched alkanes of at least 4 members (excludes halogenated alkanes) is 12. The Balaban J connectivity index is 3.01. The summed E-state index contributed by atoms with van der Waals surface area (Å²) in [6, 6.07) is 0. The van der Waals surface area contributed by atoms with Crippen molar-refractivity contribution in [1.82, 2.24) is 0 Å². The second-order valence-electron chi connectivity index (χ2n) is 5.64. The molecule has 113 valence electrons. The lowest BCUT2D eigenvalue weighted by Gasteiger charge is -1.99. The lowest BCUT2D eigenvalue weighted by molar-refractivity contribution is 0.186. The summed E-state index contributed by atoms with van der Waals surface area (Å²) >= 11 is 0. The molecule has 0 amide bonds. The predicted octanol–water partition coefficient (Wildman–Crippen LogP) is 6.45. The first-order chi connectivity index (χ1) is 9.41. The lowest BCUT2D eigenvalue weighted by Crippen LogP contribution is -1.82. The Kier molecular flexibility index (Phi) is 17.4. The third-order valence-electron chi connectivity index (χ3n) is 3.66. The highest BCUT2D eigenvalue weighted by atomic mass is 16.2. The highest BCUT2D eigenvalue weighted by Crippen LogP contribution is 2.09. The van der Waals surface area contributed by atoms with E-state index in [1.54, 1.807) is 0 Å². The van der Waals surface area contributed by atoms with Crippen molar-refractivity contribution in [3.05, 3.63) is 12.2 Å². The van der Waals surface area contributed by atoms with Crippen LogP contribution in [0.2, 0.25) is 0 Å². The molecule has 0 N–H and O–H groups in total. The topological polar surface area (TPSA) is 19.9 Å². The van der Waals surface area contributed by atoms with Crippen LogP contribution in [0.5, 0.6) is 0 Å². The highest BCUT2D eigenvalue weighted by molar-refractivity contribution is 4.81. The van der Waals surface area contributed by atoms with Crippen LogP contribution in [0, 0.1) is 0 Å². The monoisotopic (exact) mass is 267 g/mol. The van der Waals surface area contributed by atoms with Gasteiger partial charge in [0.05, 0.1) is 6.61 Å². The van der Waals surface area contributed by atoms with E-state index in [2.05, 4.69) is 19.1 Å². The number of hydrogen-bond donors (Lipinski definition) is 0. The van der Waals surface area contributed by atoms with E-state index in [-0.39, 0.29) is 6.61 Å². The molecule has 0 bridgehead atoms. The molecule has 0 aliphatic rings. The second-order valence-corrected chi connectivity index (χ2v) is 5.64. The van der Waals surface area contributed by atoms with Crippen molar-refractivity contribution in [2.45, 2.75) is 96.8 Å². The predicted molar refractivity (Wildman–Crippen MR) is 85.0 cm³/mol. The van der Waals surface area contributed by atoms with Gasteiger partial charge in [0, 0.05) is 0 Å². The molecule has 19 heavy (non-hydrogen) atoms. The summed E-state index contributed by atoms with van der Waals surface area (Å²) in [5.41, 5.74) is 0. The minimum atomic E-state index is 0.112. The zero-order chi connectivity index (χ0) is 14.0. The largest absolute Gasteiger partial charge is 0.237 e. The molecule has 0 aliphatic heterocycles. The minimum absolute atomic E-state index is 0.112. The van der Waals surface area contributed by atoms with Crippen molar-refractivity contribution in [3.8, 4) is 0 Å². The van der Waals surface area contributed by atoms with Crippen LogP contribution in [0.25, 0.3) is 0 Å². The second kappa shape index (κ2) is 17.7. The van der Waals surface area contributed by atoms with Crippen molar-refractivity contribution in [2.24, 2.45) is 0 Å². The molecule has 1 heteroatoms.